The van der Waals surface area contributed by atoms with Gasteiger partial charge in [0.2, 0.25) is 0 Å². The van der Waals surface area contributed by atoms with Crippen LogP contribution in [0.25, 0.3) is 5.57 Å². The number of imide groups is 1. The Kier molecular flexibility index (Phi) is 7.90. The van der Waals surface area contributed by atoms with Crippen LogP contribution in [0.2, 0.25) is 5.02 Å². The fraction of sp³-hybridized carbons (Fsp3) is 0.333. The molecule has 2 aromatic rings. The normalized spacial score (nSPS) is 13.8. The first kappa shape index (κ1) is 23.8. The molecular weight excluding hydrogens is 430 g/mol. The van der Waals surface area contributed by atoms with Crippen LogP contribution in [0, 0.1) is 0 Å². The van der Waals surface area contributed by atoms with E-state index in [0.29, 0.717) is 53.8 Å². The smallest absolute Gasteiger partial charge is 0.282 e. The number of anilines is 2. The molecule has 0 bridgehead atoms. The lowest BCUT2D eigenvalue weighted by Gasteiger charge is -2.25. The summed E-state index contributed by atoms with van der Waals surface area (Å²) >= 11 is 6.06. The highest BCUT2D eigenvalue weighted by molar-refractivity contribution is 6.45. The molecule has 0 unspecified atom stereocenters. The van der Waals surface area contributed by atoms with Crippen molar-refractivity contribution < 1.29 is 19.1 Å². The maximum Gasteiger partial charge on any atom is 0.282 e. The van der Waals surface area contributed by atoms with Gasteiger partial charge in [-0.15, -0.1) is 0 Å². The van der Waals surface area contributed by atoms with Crippen molar-refractivity contribution in [3.63, 3.8) is 0 Å². The number of benzene rings is 2. The van der Waals surface area contributed by atoms with Crippen molar-refractivity contribution in [2.45, 2.75) is 0 Å². The van der Waals surface area contributed by atoms with Gasteiger partial charge in [0, 0.05) is 52.1 Å². The van der Waals surface area contributed by atoms with E-state index in [9.17, 15) is 9.59 Å². The second-order valence-electron chi connectivity index (χ2n) is 7.56. The molecule has 0 fully saturated rings. The van der Waals surface area contributed by atoms with E-state index in [1.807, 2.05) is 36.0 Å². The molecule has 0 N–H and O–H groups in total. The Hall–Kier alpha value is -2.87. The zero-order valence-electron chi connectivity index (χ0n) is 18.8. The van der Waals surface area contributed by atoms with Crippen LogP contribution in [0.4, 0.5) is 11.4 Å². The first-order chi connectivity index (χ1) is 15.4. The monoisotopic (exact) mass is 457 g/mol. The highest BCUT2D eigenvalue weighted by Crippen LogP contribution is 2.35. The van der Waals surface area contributed by atoms with E-state index in [-0.39, 0.29) is 11.8 Å². The number of carbonyl (C=O) groups is 2. The molecule has 2 amide bonds. The molecule has 1 aliphatic heterocycles. The number of halogens is 1. The second kappa shape index (κ2) is 10.6. The average Bonchev–Trinajstić information content (AvgIpc) is 3.04. The molecule has 170 valence electrons. The molecule has 1 heterocycles. The van der Waals surface area contributed by atoms with Gasteiger partial charge in [-0.3, -0.25) is 9.59 Å². The lowest BCUT2D eigenvalue weighted by molar-refractivity contribution is -0.120. The molecule has 3 rings (SSSR count). The maximum atomic E-state index is 13.6. The summed E-state index contributed by atoms with van der Waals surface area (Å²) in [6.07, 6.45) is 0. The molecule has 32 heavy (non-hydrogen) atoms. The third kappa shape index (κ3) is 4.96. The summed E-state index contributed by atoms with van der Waals surface area (Å²) in [6, 6.07) is 14.3. The highest BCUT2D eigenvalue weighted by Gasteiger charge is 2.42. The Bertz CT molecular complexity index is 979. The molecule has 7 nitrogen and oxygen atoms in total. The largest absolute Gasteiger partial charge is 0.383 e. The molecule has 8 heteroatoms. The van der Waals surface area contributed by atoms with E-state index in [4.69, 9.17) is 21.1 Å². The number of ether oxygens (including phenoxy) is 2. The molecule has 1 aliphatic rings. The molecule has 0 radical (unpaired) electrons. The van der Waals surface area contributed by atoms with Crippen molar-refractivity contribution in [3.05, 3.63) is 64.8 Å². The first-order valence-corrected chi connectivity index (χ1v) is 10.7. The number of rotatable bonds is 10. The summed E-state index contributed by atoms with van der Waals surface area (Å²) in [6.45, 7) is 1.69. The highest BCUT2D eigenvalue weighted by atomic mass is 35.5. The maximum absolute atomic E-state index is 13.6. The fourth-order valence-corrected chi connectivity index (χ4v) is 3.69. The fourth-order valence-electron chi connectivity index (χ4n) is 3.56. The second-order valence-corrected chi connectivity index (χ2v) is 8.00. The molecule has 2 aromatic carbocycles. The van der Waals surface area contributed by atoms with Crippen molar-refractivity contribution in [1.29, 1.82) is 0 Å². The van der Waals surface area contributed by atoms with Crippen molar-refractivity contribution in [2.75, 3.05) is 64.4 Å². The lowest BCUT2D eigenvalue weighted by atomic mass is 10.0. The van der Waals surface area contributed by atoms with Crippen molar-refractivity contribution in [3.8, 4) is 0 Å². The molecule has 0 aromatic heterocycles. The van der Waals surface area contributed by atoms with E-state index in [1.165, 1.54) is 4.90 Å². The quantitative estimate of drug-likeness (QED) is 0.510. The summed E-state index contributed by atoms with van der Waals surface area (Å²) in [5, 5.41) is 0.555. The van der Waals surface area contributed by atoms with Crippen LogP contribution >= 0.6 is 11.6 Å². The lowest BCUT2D eigenvalue weighted by Crippen LogP contribution is -2.37. The van der Waals surface area contributed by atoms with Crippen LogP contribution in [0.15, 0.2) is 54.2 Å². The van der Waals surface area contributed by atoms with Gasteiger partial charge in [-0.2, -0.15) is 0 Å². The summed E-state index contributed by atoms with van der Waals surface area (Å²) in [7, 11) is 7.07. The van der Waals surface area contributed by atoms with Gasteiger partial charge in [-0.1, -0.05) is 23.7 Å². The van der Waals surface area contributed by atoms with Crippen LogP contribution in [0.1, 0.15) is 5.56 Å². The summed E-state index contributed by atoms with van der Waals surface area (Å²) in [5.41, 5.74) is 2.81. The zero-order valence-corrected chi connectivity index (χ0v) is 19.6. The topological polar surface area (TPSA) is 62.3 Å². The van der Waals surface area contributed by atoms with Crippen LogP contribution in [0.5, 0.6) is 0 Å². The number of nitrogens with zero attached hydrogens (tertiary/aromatic N) is 3. The van der Waals surface area contributed by atoms with E-state index in [0.717, 1.165) is 5.69 Å². The van der Waals surface area contributed by atoms with Crippen LogP contribution in [-0.4, -0.2) is 71.3 Å². The molecule has 0 spiro atoms. The van der Waals surface area contributed by atoms with E-state index in [2.05, 4.69) is 0 Å². The average molecular weight is 458 g/mol. The number of amides is 2. The van der Waals surface area contributed by atoms with Gasteiger partial charge >= 0.3 is 0 Å². The molecule has 0 atom stereocenters. The van der Waals surface area contributed by atoms with E-state index in [1.54, 1.807) is 50.6 Å². The Labute approximate surface area is 193 Å². The minimum atomic E-state index is -0.371. The third-order valence-electron chi connectivity index (χ3n) is 5.26. The molecule has 0 saturated carbocycles. The van der Waals surface area contributed by atoms with Crippen molar-refractivity contribution >= 4 is 40.4 Å². The summed E-state index contributed by atoms with van der Waals surface area (Å²) in [4.78, 5) is 32.3. The van der Waals surface area contributed by atoms with Gasteiger partial charge in [0.25, 0.3) is 11.8 Å². The van der Waals surface area contributed by atoms with Crippen LogP contribution in [-0.2, 0) is 19.1 Å². The Morgan fingerprint density at radius 2 is 1.41 bits per heavy atom. The van der Waals surface area contributed by atoms with Gasteiger partial charge < -0.3 is 19.3 Å². The van der Waals surface area contributed by atoms with Crippen LogP contribution in [0.3, 0.4) is 0 Å². The first-order valence-electron chi connectivity index (χ1n) is 10.3. The third-order valence-corrected chi connectivity index (χ3v) is 5.52. The predicted octanol–water partition coefficient (Wildman–Crippen LogP) is 3.29. The zero-order chi connectivity index (χ0) is 23.3. The minimum absolute atomic E-state index is 0.336. The summed E-state index contributed by atoms with van der Waals surface area (Å²) < 4.78 is 10.5. The van der Waals surface area contributed by atoms with Gasteiger partial charge in [-0.25, -0.2) is 4.90 Å². The Balaban J connectivity index is 2.08. The SMILES string of the molecule is COCCN(CCOC)C1=C(c2ccc(Cl)cc2)C(=O)N(c2ccc(N(C)C)cc2)C1=O. The molecular formula is C24H28ClN3O4. The molecule has 0 saturated heterocycles. The standard InChI is InChI=1S/C24H28ClN3O4/c1-26(2)19-9-11-20(12-10-19)28-23(29)21(17-5-7-18(25)8-6-17)22(24(28)30)27(13-15-31-3)14-16-32-4/h5-12H,13-16H2,1-4H3. The van der Waals surface area contributed by atoms with Gasteiger partial charge in [0.05, 0.1) is 24.5 Å². The van der Waals surface area contributed by atoms with Gasteiger partial charge in [-0.05, 0) is 42.0 Å². The number of methoxy groups -OCH3 is 2. The summed E-state index contributed by atoms with van der Waals surface area (Å²) in [5.74, 6) is -0.741. The minimum Gasteiger partial charge on any atom is -0.383 e. The van der Waals surface area contributed by atoms with Gasteiger partial charge in [0.1, 0.15) is 5.70 Å². The van der Waals surface area contributed by atoms with Crippen molar-refractivity contribution in [1.82, 2.24) is 4.90 Å². The Morgan fingerprint density at radius 3 is 1.91 bits per heavy atom. The van der Waals surface area contributed by atoms with Gasteiger partial charge in [0.15, 0.2) is 0 Å². The number of carbonyl (C=O) groups excluding carboxylic acids is 2. The number of hydrogen-bond acceptors (Lipinski definition) is 6. The number of hydrogen-bond donors (Lipinski definition) is 0. The molecule has 0 aliphatic carbocycles. The Morgan fingerprint density at radius 1 is 0.844 bits per heavy atom. The predicted molar refractivity (Wildman–Crippen MR) is 127 cm³/mol. The van der Waals surface area contributed by atoms with E-state index < -0.39 is 0 Å². The van der Waals surface area contributed by atoms with Crippen LogP contribution < -0.4 is 9.80 Å². The van der Waals surface area contributed by atoms with E-state index >= 15 is 0 Å². The van der Waals surface area contributed by atoms with Crippen molar-refractivity contribution in [2.24, 2.45) is 0 Å².